The van der Waals surface area contributed by atoms with Crippen LogP contribution in [0.1, 0.15) is 17.2 Å². The Morgan fingerprint density at radius 1 is 0.833 bits per heavy atom. The van der Waals surface area contributed by atoms with Gasteiger partial charge in [-0.15, -0.1) is 0 Å². The van der Waals surface area contributed by atoms with Crippen molar-refractivity contribution in [2.45, 2.75) is 12.1 Å². The molecular weight excluding hydrogens is 298 g/mol. The first-order chi connectivity index (χ1) is 11.8. The summed E-state index contributed by atoms with van der Waals surface area (Å²) in [4.78, 5) is 4.84. The molecule has 0 aromatic heterocycles. The maximum Gasteiger partial charge on any atom is 0.0789 e. The topological polar surface area (TPSA) is 52.7 Å². The van der Waals surface area contributed by atoms with Crippen LogP contribution in [0.2, 0.25) is 0 Å². The lowest BCUT2D eigenvalue weighted by Crippen LogP contribution is -2.50. The van der Waals surface area contributed by atoms with Crippen LogP contribution in [-0.2, 0) is 0 Å². The molecule has 0 aliphatic carbocycles. The highest BCUT2D eigenvalue weighted by molar-refractivity contribution is 5.31. The van der Waals surface area contributed by atoms with E-state index >= 15 is 0 Å². The van der Waals surface area contributed by atoms with E-state index in [0.29, 0.717) is 13.1 Å². The zero-order valence-electron chi connectivity index (χ0n) is 14.1. The van der Waals surface area contributed by atoms with Crippen LogP contribution in [0, 0.1) is 0 Å². The maximum atomic E-state index is 9.76. The minimum atomic E-state index is -0.421. The van der Waals surface area contributed by atoms with Gasteiger partial charge in [-0.05, 0) is 11.1 Å². The largest absolute Gasteiger partial charge is 0.390 e. The Kier molecular flexibility index (Phi) is 5.99. The first-order valence-corrected chi connectivity index (χ1v) is 8.72. The van der Waals surface area contributed by atoms with Gasteiger partial charge in [0.25, 0.3) is 0 Å². The number of rotatable bonds is 6. The molecule has 1 unspecified atom stereocenters. The van der Waals surface area contributed by atoms with Gasteiger partial charge in [-0.3, -0.25) is 9.80 Å². The van der Waals surface area contributed by atoms with E-state index in [4.69, 9.17) is 5.73 Å². The zero-order valence-corrected chi connectivity index (χ0v) is 14.1. The van der Waals surface area contributed by atoms with E-state index in [1.54, 1.807) is 0 Å². The van der Waals surface area contributed by atoms with Crippen LogP contribution in [0.4, 0.5) is 0 Å². The summed E-state index contributed by atoms with van der Waals surface area (Å²) in [5.74, 6) is 0. The predicted molar refractivity (Wildman–Crippen MR) is 97.8 cm³/mol. The summed E-state index contributed by atoms with van der Waals surface area (Å²) in [6.07, 6.45) is -0.421. The highest BCUT2D eigenvalue weighted by Crippen LogP contribution is 2.29. The van der Waals surface area contributed by atoms with Crippen molar-refractivity contribution in [3.05, 3.63) is 71.8 Å². The smallest absolute Gasteiger partial charge is 0.0789 e. The Morgan fingerprint density at radius 2 is 1.33 bits per heavy atom. The lowest BCUT2D eigenvalue weighted by molar-refractivity contribution is 0.0657. The summed E-state index contributed by atoms with van der Waals surface area (Å²) in [7, 11) is 0. The highest BCUT2D eigenvalue weighted by atomic mass is 16.3. The molecule has 0 saturated carbocycles. The highest BCUT2D eigenvalue weighted by Gasteiger charge is 2.26. The Morgan fingerprint density at radius 3 is 1.79 bits per heavy atom. The first kappa shape index (κ1) is 17.1. The second-order valence-corrected chi connectivity index (χ2v) is 6.45. The molecule has 3 N–H and O–H groups in total. The number of aliphatic hydroxyl groups is 1. The van der Waals surface area contributed by atoms with E-state index < -0.39 is 6.10 Å². The van der Waals surface area contributed by atoms with Crippen molar-refractivity contribution >= 4 is 0 Å². The lowest BCUT2D eigenvalue weighted by Gasteiger charge is -2.40. The van der Waals surface area contributed by atoms with Crippen LogP contribution in [0.3, 0.4) is 0 Å². The molecule has 4 heteroatoms. The summed E-state index contributed by atoms with van der Waals surface area (Å²) in [6, 6.07) is 21.7. The van der Waals surface area contributed by atoms with Gasteiger partial charge in [0.2, 0.25) is 0 Å². The van der Waals surface area contributed by atoms with Crippen molar-refractivity contribution in [2.24, 2.45) is 5.73 Å². The quantitative estimate of drug-likeness (QED) is 0.849. The fourth-order valence-corrected chi connectivity index (χ4v) is 3.46. The third-order valence-electron chi connectivity index (χ3n) is 4.74. The van der Waals surface area contributed by atoms with Gasteiger partial charge in [0.15, 0.2) is 0 Å². The van der Waals surface area contributed by atoms with Gasteiger partial charge in [0.1, 0.15) is 0 Å². The van der Waals surface area contributed by atoms with Crippen LogP contribution in [0.25, 0.3) is 0 Å². The third kappa shape index (κ3) is 4.22. The monoisotopic (exact) mass is 325 g/mol. The molecule has 1 heterocycles. The average molecular weight is 325 g/mol. The molecule has 0 spiro atoms. The number of aliphatic hydroxyl groups excluding tert-OH is 1. The van der Waals surface area contributed by atoms with Crippen LogP contribution < -0.4 is 5.73 Å². The van der Waals surface area contributed by atoms with Crippen molar-refractivity contribution in [1.82, 2.24) is 9.80 Å². The van der Waals surface area contributed by atoms with Crippen molar-refractivity contribution in [3.63, 3.8) is 0 Å². The Hall–Kier alpha value is -1.72. The lowest BCUT2D eigenvalue weighted by atomic mass is 9.96. The van der Waals surface area contributed by atoms with E-state index in [0.717, 1.165) is 26.2 Å². The van der Waals surface area contributed by atoms with E-state index in [1.165, 1.54) is 11.1 Å². The standard InChI is InChI=1S/C20H27N3O/c21-15-19(24)16-22-11-13-23(14-12-22)20(17-7-3-1-4-8-17)18-9-5-2-6-10-18/h1-10,19-20,24H,11-16,21H2. The molecule has 0 radical (unpaired) electrons. The molecule has 128 valence electrons. The molecule has 2 aromatic rings. The molecule has 24 heavy (non-hydrogen) atoms. The molecule has 2 aromatic carbocycles. The molecule has 4 nitrogen and oxygen atoms in total. The summed E-state index contributed by atoms with van der Waals surface area (Å²) in [5.41, 5.74) is 8.19. The summed E-state index contributed by atoms with van der Waals surface area (Å²) in [6.45, 7) is 4.92. The van der Waals surface area contributed by atoms with Gasteiger partial charge in [-0.1, -0.05) is 60.7 Å². The second-order valence-electron chi connectivity index (χ2n) is 6.45. The fourth-order valence-electron chi connectivity index (χ4n) is 3.46. The van der Waals surface area contributed by atoms with Crippen molar-refractivity contribution in [3.8, 4) is 0 Å². The van der Waals surface area contributed by atoms with Gasteiger partial charge in [-0.25, -0.2) is 0 Å². The molecule has 1 atom stereocenters. The average Bonchev–Trinajstić information content (AvgIpc) is 2.65. The maximum absolute atomic E-state index is 9.76. The molecule has 0 amide bonds. The minimum absolute atomic E-state index is 0.286. The third-order valence-corrected chi connectivity index (χ3v) is 4.74. The van der Waals surface area contributed by atoms with Crippen molar-refractivity contribution in [1.29, 1.82) is 0 Å². The van der Waals surface area contributed by atoms with E-state index in [9.17, 15) is 5.11 Å². The Balaban J connectivity index is 1.74. The second kappa shape index (κ2) is 8.40. The van der Waals surface area contributed by atoms with Gasteiger partial charge in [0, 0.05) is 39.3 Å². The first-order valence-electron chi connectivity index (χ1n) is 8.72. The molecule has 1 fully saturated rings. The van der Waals surface area contributed by atoms with Crippen molar-refractivity contribution < 1.29 is 5.11 Å². The van der Waals surface area contributed by atoms with Gasteiger partial charge in [0.05, 0.1) is 12.1 Å². The van der Waals surface area contributed by atoms with Crippen molar-refractivity contribution in [2.75, 3.05) is 39.3 Å². The summed E-state index contributed by atoms with van der Waals surface area (Å²) >= 11 is 0. The van der Waals surface area contributed by atoms with Crippen LogP contribution in [-0.4, -0.2) is 60.3 Å². The summed E-state index contributed by atoms with van der Waals surface area (Å²) < 4.78 is 0. The molecular formula is C20H27N3O. The normalized spacial score (nSPS) is 18.0. The molecule has 0 bridgehead atoms. The van der Waals surface area contributed by atoms with E-state index in [-0.39, 0.29) is 6.04 Å². The van der Waals surface area contributed by atoms with Gasteiger partial charge >= 0.3 is 0 Å². The number of β-amino-alcohol motifs (C(OH)–C–C–N with tert-alkyl or cyclic N) is 1. The predicted octanol–water partition coefficient (Wildman–Crippen LogP) is 1.71. The van der Waals surface area contributed by atoms with Crippen LogP contribution in [0.5, 0.6) is 0 Å². The number of nitrogens with two attached hydrogens (primary N) is 1. The van der Waals surface area contributed by atoms with E-state index in [1.807, 2.05) is 0 Å². The Bertz CT molecular complexity index is 557. The van der Waals surface area contributed by atoms with E-state index in [2.05, 4.69) is 70.5 Å². The number of hydrogen-bond donors (Lipinski definition) is 2. The Labute approximate surface area is 144 Å². The van der Waals surface area contributed by atoms with Gasteiger partial charge < -0.3 is 10.8 Å². The number of benzene rings is 2. The van der Waals surface area contributed by atoms with Crippen LogP contribution >= 0.6 is 0 Å². The SMILES string of the molecule is NCC(O)CN1CCN(C(c2ccccc2)c2ccccc2)CC1. The summed E-state index contributed by atoms with van der Waals surface area (Å²) in [5, 5.41) is 9.76. The number of nitrogens with zero attached hydrogens (tertiary/aromatic N) is 2. The number of piperazine rings is 1. The van der Waals surface area contributed by atoms with Gasteiger partial charge in [-0.2, -0.15) is 0 Å². The minimum Gasteiger partial charge on any atom is -0.390 e. The molecule has 1 aliphatic rings. The van der Waals surface area contributed by atoms with Crippen LogP contribution in [0.15, 0.2) is 60.7 Å². The number of hydrogen-bond acceptors (Lipinski definition) is 4. The molecule has 1 aliphatic heterocycles. The zero-order chi connectivity index (χ0) is 16.8. The fraction of sp³-hybridized carbons (Fsp3) is 0.400. The molecule has 3 rings (SSSR count). The molecule has 1 saturated heterocycles.